The third-order valence-corrected chi connectivity index (χ3v) is 4.25. The number of amides is 1. The number of ether oxygens (including phenoxy) is 1. The van der Waals surface area contributed by atoms with Gasteiger partial charge in [0.05, 0.1) is 23.9 Å². The molecule has 0 aromatic heterocycles. The molecule has 0 N–H and O–H groups in total. The molecule has 1 atom stereocenters. The maximum atomic E-state index is 12.2. The Morgan fingerprint density at radius 2 is 2.05 bits per heavy atom. The van der Waals surface area contributed by atoms with E-state index in [9.17, 15) is 9.59 Å². The molecular weight excluding hydrogens is 280 g/mol. The first-order valence-corrected chi connectivity index (χ1v) is 7.64. The first-order chi connectivity index (χ1) is 10.6. The molecule has 0 spiro atoms. The largest absolute Gasteiger partial charge is 0.463 e. The molecule has 2 aliphatic rings. The molecular formula is C17H20N2O3. The van der Waals surface area contributed by atoms with Crippen molar-refractivity contribution in [1.82, 2.24) is 10.0 Å². The quantitative estimate of drug-likeness (QED) is 0.635. The van der Waals surface area contributed by atoms with E-state index in [0.717, 1.165) is 11.3 Å². The summed E-state index contributed by atoms with van der Waals surface area (Å²) in [6.07, 6.45) is 1.14. The van der Waals surface area contributed by atoms with E-state index in [4.69, 9.17) is 4.74 Å². The molecule has 1 aromatic carbocycles. The van der Waals surface area contributed by atoms with Gasteiger partial charge < -0.3 is 4.74 Å². The summed E-state index contributed by atoms with van der Waals surface area (Å²) in [6.45, 7) is 4.55. The molecule has 5 nitrogen and oxygen atoms in total. The van der Waals surface area contributed by atoms with Crippen molar-refractivity contribution >= 4 is 11.9 Å². The Morgan fingerprint density at radius 1 is 1.32 bits per heavy atom. The molecule has 1 aromatic rings. The molecule has 2 heterocycles. The van der Waals surface area contributed by atoms with Crippen molar-refractivity contribution < 1.29 is 14.3 Å². The van der Waals surface area contributed by atoms with Gasteiger partial charge in [0, 0.05) is 19.4 Å². The Morgan fingerprint density at radius 3 is 2.73 bits per heavy atom. The first-order valence-electron chi connectivity index (χ1n) is 7.64. The Hall–Kier alpha value is -2.14. The molecule has 5 heteroatoms. The fraction of sp³-hybridized carbons (Fsp3) is 0.412. The lowest BCUT2D eigenvalue weighted by molar-refractivity contribution is -0.138. The van der Waals surface area contributed by atoms with E-state index in [1.165, 1.54) is 0 Å². The highest BCUT2D eigenvalue weighted by molar-refractivity contribution is 5.90. The van der Waals surface area contributed by atoms with Crippen molar-refractivity contribution in [3.63, 3.8) is 0 Å². The molecule has 1 amide bonds. The van der Waals surface area contributed by atoms with Crippen LogP contribution >= 0.6 is 0 Å². The van der Waals surface area contributed by atoms with Crippen molar-refractivity contribution in [2.45, 2.75) is 32.7 Å². The van der Waals surface area contributed by atoms with Crippen LogP contribution in [0, 0.1) is 0 Å². The Labute approximate surface area is 130 Å². The zero-order valence-electron chi connectivity index (χ0n) is 12.9. The number of hydrogen-bond acceptors (Lipinski definition) is 4. The summed E-state index contributed by atoms with van der Waals surface area (Å²) in [5.41, 5.74) is 2.46. The molecule has 1 unspecified atom stereocenters. The summed E-state index contributed by atoms with van der Waals surface area (Å²) in [4.78, 5) is 24.3. The number of carbonyl (C=O) groups is 2. The minimum Gasteiger partial charge on any atom is -0.463 e. The van der Waals surface area contributed by atoms with Gasteiger partial charge in [0.1, 0.15) is 0 Å². The van der Waals surface area contributed by atoms with Crippen LogP contribution in [0.5, 0.6) is 0 Å². The Kier molecular flexibility index (Phi) is 3.98. The zero-order valence-corrected chi connectivity index (χ0v) is 12.9. The molecule has 22 heavy (non-hydrogen) atoms. The standard InChI is InChI=1S/C17H20N2O3/c1-3-22-17(21)12(2)14-11-15(13-7-5-4-6-8-13)18-10-9-16(20)19(14)18/h4-8,15H,3,9-11H2,1-2H3/b14-12-. The average Bonchev–Trinajstić information content (AvgIpc) is 3.09. The third-order valence-electron chi connectivity index (χ3n) is 4.25. The van der Waals surface area contributed by atoms with Gasteiger partial charge in [0.15, 0.2) is 0 Å². The molecule has 2 aliphatic heterocycles. The summed E-state index contributed by atoms with van der Waals surface area (Å²) in [5, 5.41) is 3.75. The molecule has 2 saturated heterocycles. The lowest BCUT2D eigenvalue weighted by atomic mass is 10.0. The highest BCUT2D eigenvalue weighted by Gasteiger charge is 2.44. The number of hydrazine groups is 1. The number of carbonyl (C=O) groups excluding carboxylic acids is 2. The lowest BCUT2D eigenvalue weighted by Crippen LogP contribution is -2.33. The third kappa shape index (κ3) is 2.41. The maximum Gasteiger partial charge on any atom is 0.335 e. The average molecular weight is 300 g/mol. The lowest BCUT2D eigenvalue weighted by Gasteiger charge is -2.25. The van der Waals surface area contributed by atoms with Crippen LogP contribution in [0.2, 0.25) is 0 Å². The topological polar surface area (TPSA) is 49.9 Å². The summed E-state index contributed by atoms with van der Waals surface area (Å²) in [5.74, 6) is -0.289. The molecule has 116 valence electrons. The number of esters is 1. The van der Waals surface area contributed by atoms with Crippen LogP contribution < -0.4 is 0 Å². The van der Waals surface area contributed by atoms with E-state index in [0.29, 0.717) is 31.6 Å². The van der Waals surface area contributed by atoms with Crippen LogP contribution in [0.4, 0.5) is 0 Å². The Bertz CT molecular complexity index is 624. The monoisotopic (exact) mass is 300 g/mol. The summed E-state index contributed by atoms with van der Waals surface area (Å²) < 4.78 is 5.09. The number of benzene rings is 1. The van der Waals surface area contributed by atoms with E-state index < -0.39 is 0 Å². The van der Waals surface area contributed by atoms with Crippen molar-refractivity contribution in [3.05, 3.63) is 47.2 Å². The predicted molar refractivity (Wildman–Crippen MR) is 81.3 cm³/mol. The van der Waals surface area contributed by atoms with Gasteiger partial charge in [-0.05, 0) is 19.4 Å². The minimum atomic E-state index is -0.342. The van der Waals surface area contributed by atoms with Crippen LogP contribution in [0.1, 0.15) is 38.3 Å². The van der Waals surface area contributed by atoms with E-state index >= 15 is 0 Å². The van der Waals surface area contributed by atoms with Gasteiger partial charge in [-0.3, -0.25) is 4.79 Å². The van der Waals surface area contributed by atoms with E-state index in [1.807, 2.05) is 18.2 Å². The van der Waals surface area contributed by atoms with Crippen molar-refractivity contribution in [2.24, 2.45) is 0 Å². The highest BCUT2D eigenvalue weighted by atomic mass is 16.5. The van der Waals surface area contributed by atoms with Crippen LogP contribution in [0.15, 0.2) is 41.6 Å². The highest BCUT2D eigenvalue weighted by Crippen LogP contribution is 2.43. The summed E-state index contributed by atoms with van der Waals surface area (Å²) in [7, 11) is 0. The van der Waals surface area contributed by atoms with Gasteiger partial charge in [0.25, 0.3) is 0 Å². The number of rotatable bonds is 3. The van der Waals surface area contributed by atoms with Crippen molar-refractivity contribution in [3.8, 4) is 0 Å². The molecule has 0 radical (unpaired) electrons. The second-order valence-electron chi connectivity index (χ2n) is 5.54. The predicted octanol–water partition coefficient (Wildman–Crippen LogP) is 2.42. The van der Waals surface area contributed by atoms with Crippen LogP contribution in [0.25, 0.3) is 0 Å². The van der Waals surface area contributed by atoms with Gasteiger partial charge in [-0.15, -0.1) is 0 Å². The fourth-order valence-corrected chi connectivity index (χ4v) is 3.17. The van der Waals surface area contributed by atoms with Crippen molar-refractivity contribution in [1.29, 1.82) is 0 Å². The molecule has 3 rings (SSSR count). The smallest absolute Gasteiger partial charge is 0.335 e. The molecule has 0 aliphatic carbocycles. The fourth-order valence-electron chi connectivity index (χ4n) is 3.17. The van der Waals surface area contributed by atoms with Crippen LogP contribution in [0.3, 0.4) is 0 Å². The first kappa shape index (κ1) is 14.8. The minimum absolute atomic E-state index is 0.0529. The van der Waals surface area contributed by atoms with Crippen molar-refractivity contribution in [2.75, 3.05) is 13.2 Å². The number of hydrogen-bond donors (Lipinski definition) is 0. The van der Waals surface area contributed by atoms with Gasteiger partial charge >= 0.3 is 5.97 Å². The Balaban J connectivity index is 1.97. The van der Waals surface area contributed by atoms with Gasteiger partial charge in [-0.1, -0.05) is 30.3 Å². The molecule has 2 fully saturated rings. The summed E-state index contributed by atoms with van der Waals surface area (Å²) >= 11 is 0. The zero-order chi connectivity index (χ0) is 15.7. The van der Waals surface area contributed by atoms with Crippen LogP contribution in [-0.2, 0) is 14.3 Å². The van der Waals surface area contributed by atoms with Gasteiger partial charge in [0.2, 0.25) is 5.91 Å². The SMILES string of the molecule is CCOC(=O)/C(C)=C1/CC(c2ccccc2)N2CCC(=O)N12. The molecule has 0 saturated carbocycles. The van der Waals surface area contributed by atoms with Crippen LogP contribution in [-0.4, -0.2) is 35.0 Å². The normalized spacial score (nSPS) is 23.6. The second kappa shape index (κ2) is 5.93. The van der Waals surface area contributed by atoms with E-state index in [-0.39, 0.29) is 17.9 Å². The van der Waals surface area contributed by atoms with Gasteiger partial charge in [-0.2, -0.15) is 0 Å². The van der Waals surface area contributed by atoms with Gasteiger partial charge in [-0.25, -0.2) is 14.8 Å². The van der Waals surface area contributed by atoms with E-state index in [1.54, 1.807) is 18.9 Å². The second-order valence-corrected chi connectivity index (χ2v) is 5.54. The number of nitrogens with zero attached hydrogens (tertiary/aromatic N) is 2. The maximum absolute atomic E-state index is 12.2. The number of fused-ring (bicyclic) bond motifs is 1. The molecule has 0 bridgehead atoms. The van der Waals surface area contributed by atoms with E-state index in [2.05, 4.69) is 17.1 Å². The summed E-state index contributed by atoms with van der Waals surface area (Å²) in [6, 6.07) is 10.2.